The second-order valence-corrected chi connectivity index (χ2v) is 6.55. The van der Waals surface area contributed by atoms with Crippen molar-refractivity contribution in [1.29, 1.82) is 0 Å². The predicted molar refractivity (Wildman–Crippen MR) is 101 cm³/mol. The molecule has 4 nitrogen and oxygen atoms in total. The summed E-state index contributed by atoms with van der Waals surface area (Å²) in [5, 5.41) is 3.55. The molecule has 0 aromatic heterocycles. The highest BCUT2D eigenvalue weighted by atomic mass is 35.5. The first-order chi connectivity index (χ1) is 11.9. The van der Waals surface area contributed by atoms with Gasteiger partial charge in [0.2, 0.25) is 11.8 Å². The fourth-order valence-electron chi connectivity index (χ4n) is 2.50. The molecule has 1 N–H and O–H groups in total. The SMILES string of the molecule is CNC(=O)[C@H](C)N(Cc1ccccc1)C(=O)Cc1ccc(Cl)cc1Cl. The Hall–Kier alpha value is -2.04. The van der Waals surface area contributed by atoms with Gasteiger partial charge in [-0.3, -0.25) is 9.59 Å². The first kappa shape index (κ1) is 19.3. The molecule has 0 bridgehead atoms. The fraction of sp³-hybridized carbons (Fsp3) is 0.263. The van der Waals surface area contributed by atoms with Crippen molar-refractivity contribution in [1.82, 2.24) is 10.2 Å². The van der Waals surface area contributed by atoms with Crippen molar-refractivity contribution in [2.45, 2.75) is 25.9 Å². The molecule has 2 aromatic carbocycles. The second-order valence-electron chi connectivity index (χ2n) is 5.71. The molecule has 0 aliphatic rings. The number of rotatable bonds is 6. The minimum Gasteiger partial charge on any atom is -0.357 e. The summed E-state index contributed by atoms with van der Waals surface area (Å²) in [6.07, 6.45) is 0.101. The first-order valence-corrected chi connectivity index (χ1v) is 8.67. The number of carbonyl (C=O) groups is 2. The topological polar surface area (TPSA) is 49.4 Å². The summed E-state index contributed by atoms with van der Waals surface area (Å²) in [5.41, 5.74) is 1.63. The van der Waals surface area contributed by atoms with Crippen LogP contribution in [-0.2, 0) is 22.6 Å². The maximum Gasteiger partial charge on any atom is 0.242 e. The number of hydrogen-bond acceptors (Lipinski definition) is 2. The van der Waals surface area contributed by atoms with Crippen molar-refractivity contribution >= 4 is 35.0 Å². The highest BCUT2D eigenvalue weighted by molar-refractivity contribution is 6.35. The highest BCUT2D eigenvalue weighted by Crippen LogP contribution is 2.22. The Balaban J connectivity index is 2.23. The average molecular weight is 379 g/mol. The normalized spacial score (nSPS) is 11.7. The lowest BCUT2D eigenvalue weighted by atomic mass is 10.1. The van der Waals surface area contributed by atoms with Crippen molar-refractivity contribution in [3.8, 4) is 0 Å². The van der Waals surface area contributed by atoms with Crippen LogP contribution in [0.1, 0.15) is 18.1 Å². The Morgan fingerprint density at radius 2 is 1.80 bits per heavy atom. The van der Waals surface area contributed by atoms with Crippen molar-refractivity contribution < 1.29 is 9.59 Å². The van der Waals surface area contributed by atoms with Gasteiger partial charge in [0.25, 0.3) is 0 Å². The quantitative estimate of drug-likeness (QED) is 0.832. The summed E-state index contributed by atoms with van der Waals surface area (Å²) in [4.78, 5) is 26.5. The smallest absolute Gasteiger partial charge is 0.242 e. The maximum absolute atomic E-state index is 12.9. The van der Waals surface area contributed by atoms with Crippen molar-refractivity contribution in [3.05, 3.63) is 69.7 Å². The fourth-order valence-corrected chi connectivity index (χ4v) is 2.98. The molecule has 2 rings (SSSR count). The van der Waals surface area contributed by atoms with E-state index in [1.165, 1.54) is 0 Å². The van der Waals surface area contributed by atoms with Gasteiger partial charge in [0.15, 0.2) is 0 Å². The molecule has 1 atom stereocenters. The van der Waals surface area contributed by atoms with Gasteiger partial charge < -0.3 is 10.2 Å². The van der Waals surface area contributed by atoms with Crippen molar-refractivity contribution in [2.24, 2.45) is 0 Å². The molecule has 0 spiro atoms. The molecule has 0 saturated carbocycles. The summed E-state index contributed by atoms with van der Waals surface area (Å²) in [6.45, 7) is 2.06. The van der Waals surface area contributed by atoms with E-state index in [0.29, 0.717) is 22.2 Å². The molecule has 0 radical (unpaired) electrons. The molecule has 132 valence electrons. The summed E-state index contributed by atoms with van der Waals surface area (Å²) >= 11 is 12.1. The second kappa shape index (κ2) is 8.88. The number of carbonyl (C=O) groups excluding carboxylic acids is 2. The first-order valence-electron chi connectivity index (χ1n) is 7.91. The largest absolute Gasteiger partial charge is 0.357 e. The molecule has 0 aliphatic carbocycles. The Morgan fingerprint density at radius 3 is 2.40 bits per heavy atom. The summed E-state index contributed by atoms with van der Waals surface area (Å²) in [5.74, 6) is -0.393. The van der Waals surface area contributed by atoms with Gasteiger partial charge >= 0.3 is 0 Å². The van der Waals surface area contributed by atoms with Crippen LogP contribution in [0.25, 0.3) is 0 Å². The molecule has 25 heavy (non-hydrogen) atoms. The van der Waals surface area contributed by atoms with E-state index in [2.05, 4.69) is 5.32 Å². The molecule has 2 amide bonds. The number of nitrogens with zero attached hydrogens (tertiary/aromatic N) is 1. The van der Waals surface area contributed by atoms with Gasteiger partial charge in [-0.1, -0.05) is 59.6 Å². The summed E-state index contributed by atoms with van der Waals surface area (Å²) < 4.78 is 0. The van der Waals surface area contributed by atoms with Crippen LogP contribution in [0.3, 0.4) is 0 Å². The zero-order chi connectivity index (χ0) is 18.4. The van der Waals surface area contributed by atoms with Crippen LogP contribution < -0.4 is 5.32 Å². The number of likely N-dealkylation sites (N-methyl/N-ethyl adjacent to an activating group) is 1. The van der Waals surface area contributed by atoms with E-state index >= 15 is 0 Å². The van der Waals surface area contributed by atoms with E-state index in [-0.39, 0.29) is 18.2 Å². The Bertz CT molecular complexity index is 750. The Kier molecular flexibility index (Phi) is 6.85. The van der Waals surface area contributed by atoms with Gasteiger partial charge in [0, 0.05) is 23.6 Å². The number of halogens is 2. The van der Waals surface area contributed by atoms with Gasteiger partial charge in [-0.2, -0.15) is 0 Å². The molecule has 6 heteroatoms. The third-order valence-electron chi connectivity index (χ3n) is 3.97. The maximum atomic E-state index is 12.9. The van der Waals surface area contributed by atoms with Crippen LogP contribution >= 0.6 is 23.2 Å². The molecule has 0 aliphatic heterocycles. The lowest BCUT2D eigenvalue weighted by Crippen LogP contribution is -2.47. The molecule has 0 heterocycles. The number of nitrogens with one attached hydrogen (secondary N) is 1. The van der Waals surface area contributed by atoms with E-state index < -0.39 is 6.04 Å². The number of hydrogen-bond donors (Lipinski definition) is 1. The zero-order valence-electron chi connectivity index (χ0n) is 14.1. The van der Waals surface area contributed by atoms with E-state index in [1.807, 2.05) is 30.3 Å². The van der Waals surface area contributed by atoms with Gasteiger partial charge in [0.05, 0.1) is 6.42 Å². The number of amides is 2. The summed E-state index contributed by atoms with van der Waals surface area (Å²) in [6, 6.07) is 14.0. The molecule has 0 saturated heterocycles. The van der Waals surface area contributed by atoms with Gasteiger partial charge in [-0.15, -0.1) is 0 Å². The van der Waals surface area contributed by atoms with E-state index in [4.69, 9.17) is 23.2 Å². The lowest BCUT2D eigenvalue weighted by Gasteiger charge is -2.28. The predicted octanol–water partition coefficient (Wildman–Crippen LogP) is 3.70. The van der Waals surface area contributed by atoms with E-state index in [1.54, 1.807) is 37.1 Å². The zero-order valence-corrected chi connectivity index (χ0v) is 15.6. The van der Waals surface area contributed by atoms with Crippen molar-refractivity contribution in [2.75, 3.05) is 7.05 Å². The van der Waals surface area contributed by atoms with Crippen LogP contribution in [0.2, 0.25) is 10.0 Å². The lowest BCUT2D eigenvalue weighted by molar-refractivity contribution is -0.139. The van der Waals surface area contributed by atoms with Crippen LogP contribution in [0.4, 0.5) is 0 Å². The van der Waals surface area contributed by atoms with Crippen LogP contribution in [-0.4, -0.2) is 29.8 Å². The molecular weight excluding hydrogens is 359 g/mol. The number of benzene rings is 2. The van der Waals surface area contributed by atoms with Crippen LogP contribution in [0, 0.1) is 0 Å². The monoisotopic (exact) mass is 378 g/mol. The van der Waals surface area contributed by atoms with E-state index in [0.717, 1.165) is 5.56 Å². The van der Waals surface area contributed by atoms with Crippen LogP contribution in [0.5, 0.6) is 0 Å². The minimum absolute atomic E-state index is 0.101. The van der Waals surface area contributed by atoms with Crippen molar-refractivity contribution in [3.63, 3.8) is 0 Å². The van der Waals surface area contributed by atoms with E-state index in [9.17, 15) is 9.59 Å². The average Bonchev–Trinajstić information content (AvgIpc) is 2.61. The molecular formula is C19H20Cl2N2O2. The van der Waals surface area contributed by atoms with Crippen LogP contribution in [0.15, 0.2) is 48.5 Å². The molecule has 2 aromatic rings. The Morgan fingerprint density at radius 1 is 1.12 bits per heavy atom. The van der Waals surface area contributed by atoms with Gasteiger partial charge in [-0.25, -0.2) is 0 Å². The summed E-state index contributed by atoms with van der Waals surface area (Å²) in [7, 11) is 1.56. The highest BCUT2D eigenvalue weighted by Gasteiger charge is 2.25. The minimum atomic E-state index is -0.594. The van der Waals surface area contributed by atoms with Gasteiger partial charge in [0.1, 0.15) is 6.04 Å². The third-order valence-corrected chi connectivity index (χ3v) is 4.55. The molecule has 0 unspecified atom stereocenters. The van der Waals surface area contributed by atoms with Gasteiger partial charge in [-0.05, 0) is 30.2 Å². The Labute approximate surface area is 157 Å². The third kappa shape index (κ3) is 5.21. The standard InChI is InChI=1S/C19H20Cl2N2O2/c1-13(19(25)22-2)23(12-14-6-4-3-5-7-14)18(24)10-15-8-9-16(20)11-17(15)21/h3-9,11,13H,10,12H2,1-2H3,(H,22,25)/t13-/m0/s1. The molecule has 0 fully saturated rings.